The summed E-state index contributed by atoms with van der Waals surface area (Å²) < 4.78 is 5.26. The number of hydrogen-bond donors (Lipinski definition) is 3. The van der Waals surface area contributed by atoms with E-state index in [1.54, 1.807) is 6.08 Å². The van der Waals surface area contributed by atoms with Crippen molar-refractivity contribution in [1.82, 2.24) is 0 Å². The number of hydrogen-bond acceptors (Lipinski definition) is 5. The van der Waals surface area contributed by atoms with Crippen LogP contribution in [0.15, 0.2) is 54.6 Å². The third-order valence-electron chi connectivity index (χ3n) is 5.99. The molecule has 31 heavy (non-hydrogen) atoms. The molecule has 0 bridgehead atoms. The second-order valence-electron chi connectivity index (χ2n) is 8.56. The number of esters is 1. The van der Waals surface area contributed by atoms with Crippen LogP contribution in [0, 0.1) is 11.8 Å². The van der Waals surface area contributed by atoms with E-state index in [4.69, 9.17) is 4.74 Å². The smallest absolute Gasteiger partial charge is 0.306 e. The highest BCUT2D eigenvalue weighted by molar-refractivity contribution is 5.69. The van der Waals surface area contributed by atoms with E-state index in [9.17, 15) is 20.1 Å². The van der Waals surface area contributed by atoms with Crippen molar-refractivity contribution in [2.75, 3.05) is 0 Å². The van der Waals surface area contributed by atoms with Crippen LogP contribution in [0.3, 0.4) is 0 Å². The van der Waals surface area contributed by atoms with Gasteiger partial charge in [-0.05, 0) is 44.1 Å². The van der Waals surface area contributed by atoms with Crippen LogP contribution in [0.2, 0.25) is 0 Å². The molecular formula is C26H38O5. The zero-order valence-corrected chi connectivity index (χ0v) is 18.8. The minimum Gasteiger partial charge on any atom is -0.463 e. The van der Waals surface area contributed by atoms with Crippen LogP contribution in [0.5, 0.6) is 0 Å². The third kappa shape index (κ3) is 8.98. The van der Waals surface area contributed by atoms with E-state index in [0.717, 1.165) is 24.8 Å². The molecule has 1 saturated carbocycles. The number of allylic oxidation sites excluding steroid dienone is 2. The number of carbonyl (C=O) groups excluding carboxylic acids is 1. The predicted octanol–water partition coefficient (Wildman–Crippen LogP) is 3.96. The molecule has 0 saturated heterocycles. The molecule has 3 N–H and O–H groups in total. The first-order valence-corrected chi connectivity index (χ1v) is 11.5. The lowest BCUT2D eigenvalue weighted by molar-refractivity contribution is -0.148. The Kier molecular flexibility index (Phi) is 11.0. The van der Waals surface area contributed by atoms with Crippen molar-refractivity contribution in [2.24, 2.45) is 11.8 Å². The maximum Gasteiger partial charge on any atom is 0.306 e. The molecule has 3 unspecified atom stereocenters. The fourth-order valence-electron chi connectivity index (χ4n) is 3.99. The number of aliphatic hydroxyl groups is 3. The van der Waals surface area contributed by atoms with Crippen LogP contribution in [0.4, 0.5) is 0 Å². The van der Waals surface area contributed by atoms with E-state index in [2.05, 4.69) is 0 Å². The molecule has 0 aromatic heterocycles. The van der Waals surface area contributed by atoms with Gasteiger partial charge in [0.25, 0.3) is 0 Å². The molecule has 5 nitrogen and oxygen atoms in total. The molecule has 172 valence electrons. The minimum atomic E-state index is -0.626. The molecule has 1 aromatic rings. The maximum atomic E-state index is 11.7. The van der Waals surface area contributed by atoms with Crippen molar-refractivity contribution >= 4 is 5.97 Å². The number of unbranched alkanes of at least 4 members (excludes halogenated alkanes) is 1. The van der Waals surface area contributed by atoms with Gasteiger partial charge in [0.15, 0.2) is 0 Å². The van der Waals surface area contributed by atoms with Crippen molar-refractivity contribution in [3.05, 3.63) is 60.2 Å². The molecular weight excluding hydrogens is 392 g/mol. The Morgan fingerprint density at radius 1 is 1.19 bits per heavy atom. The van der Waals surface area contributed by atoms with Gasteiger partial charge >= 0.3 is 5.97 Å². The molecule has 1 aliphatic carbocycles. The molecule has 0 heterocycles. The van der Waals surface area contributed by atoms with Crippen LogP contribution in [-0.4, -0.2) is 45.7 Å². The van der Waals surface area contributed by atoms with E-state index in [0.29, 0.717) is 25.7 Å². The lowest BCUT2D eigenvalue weighted by Gasteiger charge is -2.19. The Morgan fingerprint density at radius 3 is 2.65 bits per heavy atom. The van der Waals surface area contributed by atoms with Gasteiger partial charge < -0.3 is 20.1 Å². The molecule has 0 aliphatic heterocycles. The number of carbonyl (C=O) groups is 1. The molecule has 0 radical (unpaired) electrons. The van der Waals surface area contributed by atoms with E-state index in [1.807, 2.05) is 62.4 Å². The predicted molar refractivity (Wildman–Crippen MR) is 122 cm³/mol. The van der Waals surface area contributed by atoms with Crippen LogP contribution >= 0.6 is 0 Å². The topological polar surface area (TPSA) is 87.0 Å². The van der Waals surface area contributed by atoms with Crippen LogP contribution in [0.25, 0.3) is 0 Å². The second kappa shape index (κ2) is 13.5. The van der Waals surface area contributed by atoms with Gasteiger partial charge in [0.05, 0.1) is 24.4 Å². The van der Waals surface area contributed by atoms with E-state index >= 15 is 0 Å². The lowest BCUT2D eigenvalue weighted by Crippen LogP contribution is -2.20. The van der Waals surface area contributed by atoms with Crippen molar-refractivity contribution in [2.45, 2.75) is 83.2 Å². The van der Waals surface area contributed by atoms with Gasteiger partial charge in [-0.1, -0.05) is 61.6 Å². The summed E-state index contributed by atoms with van der Waals surface area (Å²) in [6.07, 6.45) is 10.1. The van der Waals surface area contributed by atoms with E-state index in [-0.39, 0.29) is 23.9 Å². The molecule has 0 spiro atoms. The molecule has 6 atom stereocenters. The summed E-state index contributed by atoms with van der Waals surface area (Å²) in [5, 5.41) is 31.0. The molecule has 1 aliphatic rings. The Labute approximate surface area is 186 Å². The normalized spacial score (nSPS) is 25.8. The average molecular weight is 431 g/mol. The first-order valence-electron chi connectivity index (χ1n) is 11.5. The minimum absolute atomic E-state index is 0.0328. The summed E-state index contributed by atoms with van der Waals surface area (Å²) in [5.74, 6) is -0.422. The van der Waals surface area contributed by atoms with Crippen molar-refractivity contribution in [3.8, 4) is 0 Å². The van der Waals surface area contributed by atoms with E-state index in [1.165, 1.54) is 0 Å². The molecule has 5 heteroatoms. The van der Waals surface area contributed by atoms with Gasteiger partial charge in [0.1, 0.15) is 0 Å². The van der Waals surface area contributed by atoms with Crippen molar-refractivity contribution in [3.63, 3.8) is 0 Å². The molecule has 1 aromatic carbocycles. The van der Waals surface area contributed by atoms with Gasteiger partial charge in [-0.3, -0.25) is 4.79 Å². The Balaban J connectivity index is 1.78. The SMILES string of the molecule is CCC(C)OC(=O)CCCC=CCC1C(C=C[C@@H](O)Cc2ccccc2)[C@H](O)C[C@@H]1O. The summed E-state index contributed by atoms with van der Waals surface area (Å²) in [7, 11) is 0. The second-order valence-corrected chi connectivity index (χ2v) is 8.56. The van der Waals surface area contributed by atoms with Crippen molar-refractivity contribution < 1.29 is 24.9 Å². The fraction of sp³-hybridized carbons (Fsp3) is 0.577. The van der Waals surface area contributed by atoms with Gasteiger partial charge in [-0.2, -0.15) is 0 Å². The van der Waals surface area contributed by atoms with Gasteiger partial charge in [-0.15, -0.1) is 0 Å². The monoisotopic (exact) mass is 430 g/mol. The first-order chi connectivity index (χ1) is 14.9. The van der Waals surface area contributed by atoms with Gasteiger partial charge in [0.2, 0.25) is 0 Å². The van der Waals surface area contributed by atoms with Crippen LogP contribution < -0.4 is 0 Å². The fourth-order valence-corrected chi connectivity index (χ4v) is 3.99. The largest absolute Gasteiger partial charge is 0.463 e. The highest BCUT2D eigenvalue weighted by Crippen LogP contribution is 2.36. The zero-order valence-electron chi connectivity index (χ0n) is 18.8. The maximum absolute atomic E-state index is 11.7. The number of rotatable bonds is 12. The summed E-state index contributed by atoms with van der Waals surface area (Å²) in [6, 6.07) is 9.78. The molecule has 1 fully saturated rings. The van der Waals surface area contributed by atoms with Gasteiger partial charge in [0, 0.05) is 25.2 Å². The third-order valence-corrected chi connectivity index (χ3v) is 5.99. The Bertz CT molecular complexity index is 699. The van der Waals surface area contributed by atoms with Crippen LogP contribution in [0.1, 0.15) is 57.9 Å². The highest BCUT2D eigenvalue weighted by Gasteiger charge is 2.39. The Hall–Kier alpha value is -1.95. The highest BCUT2D eigenvalue weighted by atomic mass is 16.5. The van der Waals surface area contributed by atoms with Crippen molar-refractivity contribution in [1.29, 1.82) is 0 Å². The lowest BCUT2D eigenvalue weighted by atomic mass is 9.89. The van der Waals surface area contributed by atoms with E-state index < -0.39 is 18.3 Å². The summed E-state index contributed by atoms with van der Waals surface area (Å²) >= 11 is 0. The molecule has 0 amide bonds. The summed E-state index contributed by atoms with van der Waals surface area (Å²) in [5.41, 5.74) is 1.05. The quantitative estimate of drug-likeness (QED) is 0.265. The standard InChI is InChI=1S/C26H38O5/c1-3-19(2)31-26(30)14-10-5-4-9-13-22-23(25(29)18-24(22)28)16-15-21(27)17-20-11-7-6-8-12-20/h4,6-9,11-12,15-16,19,21-25,27-29H,3,5,10,13-14,17-18H2,1-2H3/t19?,21-,22?,23?,24+,25-/m1/s1. The number of ether oxygens (including phenoxy) is 1. The number of aliphatic hydroxyl groups excluding tert-OH is 3. The van der Waals surface area contributed by atoms with Gasteiger partial charge in [-0.25, -0.2) is 0 Å². The average Bonchev–Trinajstić information content (AvgIpc) is 3.01. The first kappa shape index (κ1) is 25.3. The molecule has 2 rings (SSSR count). The zero-order chi connectivity index (χ0) is 22.6. The van der Waals surface area contributed by atoms with Crippen LogP contribution in [-0.2, 0) is 16.0 Å². The number of benzene rings is 1. The Morgan fingerprint density at radius 2 is 1.94 bits per heavy atom. The summed E-state index contributed by atoms with van der Waals surface area (Å²) in [4.78, 5) is 11.7. The summed E-state index contributed by atoms with van der Waals surface area (Å²) in [6.45, 7) is 3.88.